The van der Waals surface area contributed by atoms with Gasteiger partial charge in [-0.1, -0.05) is 43.3 Å². The van der Waals surface area contributed by atoms with Gasteiger partial charge in [0.2, 0.25) is 17.7 Å². The van der Waals surface area contributed by atoms with Gasteiger partial charge >= 0.3 is 0 Å². The Morgan fingerprint density at radius 2 is 1.95 bits per heavy atom. The highest BCUT2D eigenvalue weighted by Crippen LogP contribution is 2.59. The molecule has 1 N–H and O–H groups in total. The normalized spacial score (nSPS) is 27.3. The molecule has 0 aliphatic carbocycles. The van der Waals surface area contributed by atoms with Crippen molar-refractivity contribution < 1.29 is 24.2 Å². The molecule has 220 valence electrons. The molecule has 3 fully saturated rings. The summed E-state index contributed by atoms with van der Waals surface area (Å²) in [5.74, 6) is -2.17. The Balaban J connectivity index is 1.56. The van der Waals surface area contributed by atoms with Crippen LogP contribution < -0.4 is 0 Å². The van der Waals surface area contributed by atoms with E-state index in [0.29, 0.717) is 31.3 Å². The molecule has 41 heavy (non-hydrogen) atoms. The molecular weight excluding hydrogens is 524 g/mol. The van der Waals surface area contributed by atoms with Crippen molar-refractivity contribution in [3.63, 3.8) is 0 Å². The van der Waals surface area contributed by atoms with Gasteiger partial charge in [0.25, 0.3) is 0 Å². The molecule has 11 nitrogen and oxygen atoms in total. The van der Waals surface area contributed by atoms with Crippen LogP contribution in [-0.4, -0.2) is 103 Å². The number of aromatic nitrogens is 3. The second-order valence-corrected chi connectivity index (χ2v) is 11.8. The fraction of sp³-hybridized carbons (Fsp3) is 0.567. The lowest BCUT2D eigenvalue weighted by Gasteiger charge is -2.39. The first-order valence-corrected chi connectivity index (χ1v) is 14.3. The molecule has 1 spiro atoms. The quantitative estimate of drug-likeness (QED) is 0.391. The summed E-state index contributed by atoms with van der Waals surface area (Å²) in [5, 5.41) is 19.0. The standard InChI is InChI=1S/C30H40N6O5/c1-6-14-33(5)27(38)24-23-12-13-30(41-23)25(24)28(39)36(20(17-37)16-19(3)4)26(30)29(40)34(15-7-2)18-35-22-11-9-8-10-21(22)31-32-35/h6-11,19-20,23-26,37H,1-2,12-18H2,3-5H3/t20-,23+,24-,25+,26?,30?/m1/s1. The molecule has 0 saturated carbocycles. The zero-order valence-corrected chi connectivity index (χ0v) is 24.1. The number of amides is 3. The number of ether oxygens (including phenoxy) is 1. The van der Waals surface area contributed by atoms with Gasteiger partial charge in [-0.05, 0) is 37.3 Å². The van der Waals surface area contributed by atoms with Crippen LogP contribution in [0.25, 0.3) is 11.0 Å². The highest BCUT2D eigenvalue weighted by molar-refractivity contribution is 5.99. The Morgan fingerprint density at radius 3 is 2.63 bits per heavy atom. The molecule has 5 rings (SSSR count). The van der Waals surface area contributed by atoms with Crippen LogP contribution in [0.4, 0.5) is 0 Å². The largest absolute Gasteiger partial charge is 0.394 e. The minimum Gasteiger partial charge on any atom is -0.394 e. The van der Waals surface area contributed by atoms with E-state index in [4.69, 9.17) is 4.74 Å². The minimum atomic E-state index is -1.16. The average molecular weight is 565 g/mol. The van der Waals surface area contributed by atoms with Crippen LogP contribution in [0.5, 0.6) is 0 Å². The van der Waals surface area contributed by atoms with Crippen molar-refractivity contribution in [2.75, 3.05) is 26.7 Å². The number of carbonyl (C=O) groups is 3. The molecule has 3 saturated heterocycles. The van der Waals surface area contributed by atoms with Crippen LogP contribution in [0.1, 0.15) is 33.1 Å². The number of likely N-dealkylation sites (tertiary alicyclic amines) is 1. The molecule has 2 aromatic rings. The van der Waals surface area contributed by atoms with E-state index < -0.39 is 35.6 Å². The van der Waals surface area contributed by atoms with Crippen LogP contribution in [-0.2, 0) is 25.8 Å². The van der Waals surface area contributed by atoms with Crippen LogP contribution in [0, 0.1) is 17.8 Å². The third kappa shape index (κ3) is 4.74. The summed E-state index contributed by atoms with van der Waals surface area (Å²) in [6.45, 7) is 12.0. The van der Waals surface area contributed by atoms with E-state index in [0.717, 1.165) is 5.52 Å². The fourth-order valence-corrected chi connectivity index (χ4v) is 7.13. The topological polar surface area (TPSA) is 121 Å². The monoisotopic (exact) mass is 564 g/mol. The predicted octanol–water partition coefficient (Wildman–Crippen LogP) is 1.83. The van der Waals surface area contributed by atoms with Gasteiger partial charge in [-0.2, -0.15) is 0 Å². The Bertz CT molecular complexity index is 1340. The summed E-state index contributed by atoms with van der Waals surface area (Å²) in [7, 11) is 1.69. The number of fused-ring (bicyclic) bond motifs is 2. The number of aliphatic hydroxyl groups is 1. The summed E-state index contributed by atoms with van der Waals surface area (Å²) < 4.78 is 8.24. The van der Waals surface area contributed by atoms with E-state index in [1.54, 1.807) is 33.7 Å². The summed E-state index contributed by atoms with van der Waals surface area (Å²) in [4.78, 5) is 47.3. The van der Waals surface area contributed by atoms with Crippen LogP contribution >= 0.6 is 0 Å². The maximum atomic E-state index is 14.7. The summed E-state index contributed by atoms with van der Waals surface area (Å²) in [6, 6.07) is 5.89. The summed E-state index contributed by atoms with van der Waals surface area (Å²) in [5.41, 5.74) is 0.309. The van der Waals surface area contributed by atoms with Crippen molar-refractivity contribution >= 4 is 28.8 Å². The highest BCUT2D eigenvalue weighted by Gasteiger charge is 2.75. The SMILES string of the molecule is C=CCN(C)C(=O)[C@@H]1[C@@H]2CCC3(O2)C(C(=O)N(CC=C)Cn2nnc4ccccc42)N([C@@H](CO)CC(C)C)C(=O)[C@H]13. The van der Waals surface area contributed by atoms with Crippen molar-refractivity contribution in [1.29, 1.82) is 0 Å². The minimum absolute atomic E-state index is 0.0898. The van der Waals surface area contributed by atoms with Crippen molar-refractivity contribution in [1.82, 2.24) is 29.7 Å². The van der Waals surface area contributed by atoms with E-state index in [2.05, 4.69) is 23.5 Å². The van der Waals surface area contributed by atoms with Crippen molar-refractivity contribution in [2.45, 2.75) is 63.6 Å². The highest BCUT2D eigenvalue weighted by atomic mass is 16.5. The number of aliphatic hydroxyl groups excluding tert-OH is 1. The van der Waals surface area contributed by atoms with Gasteiger partial charge < -0.3 is 24.5 Å². The van der Waals surface area contributed by atoms with Gasteiger partial charge in [0.1, 0.15) is 23.8 Å². The van der Waals surface area contributed by atoms with Gasteiger partial charge in [-0.25, -0.2) is 4.68 Å². The predicted molar refractivity (Wildman–Crippen MR) is 152 cm³/mol. The molecule has 2 bridgehead atoms. The van der Waals surface area contributed by atoms with Crippen molar-refractivity contribution in [3.05, 3.63) is 49.6 Å². The van der Waals surface area contributed by atoms with Gasteiger partial charge in [-0.3, -0.25) is 14.4 Å². The second kappa shape index (κ2) is 11.4. The number of rotatable bonds is 12. The number of nitrogens with zero attached hydrogens (tertiary/aromatic N) is 6. The molecule has 1 aromatic heterocycles. The molecule has 11 heteroatoms. The van der Waals surface area contributed by atoms with Crippen molar-refractivity contribution in [2.24, 2.45) is 17.8 Å². The number of hydrogen-bond donors (Lipinski definition) is 1. The molecule has 6 atom stereocenters. The smallest absolute Gasteiger partial charge is 0.250 e. The van der Waals surface area contributed by atoms with Gasteiger partial charge in [0.15, 0.2) is 0 Å². The first-order valence-electron chi connectivity index (χ1n) is 14.3. The molecule has 0 radical (unpaired) electrons. The Kier molecular flexibility index (Phi) is 8.02. The van der Waals surface area contributed by atoms with Crippen molar-refractivity contribution in [3.8, 4) is 0 Å². The number of para-hydroxylation sites is 1. The van der Waals surface area contributed by atoms with Crippen LogP contribution in [0.15, 0.2) is 49.6 Å². The van der Waals surface area contributed by atoms with Crippen LogP contribution in [0.3, 0.4) is 0 Å². The van der Waals surface area contributed by atoms with Crippen LogP contribution in [0.2, 0.25) is 0 Å². The lowest BCUT2D eigenvalue weighted by atomic mass is 9.70. The molecule has 2 unspecified atom stereocenters. The summed E-state index contributed by atoms with van der Waals surface area (Å²) in [6.07, 6.45) is 4.37. The molecule has 3 aliphatic heterocycles. The first-order chi connectivity index (χ1) is 19.7. The van der Waals surface area contributed by atoms with Gasteiger partial charge in [0, 0.05) is 20.1 Å². The van der Waals surface area contributed by atoms with Gasteiger partial charge in [-0.15, -0.1) is 18.3 Å². The van der Waals surface area contributed by atoms with E-state index in [1.165, 1.54) is 4.90 Å². The molecule has 4 heterocycles. The third-order valence-electron chi connectivity index (χ3n) is 8.77. The Hall–Kier alpha value is -3.57. The molecule has 1 aromatic carbocycles. The van der Waals surface area contributed by atoms with E-state index in [9.17, 15) is 19.5 Å². The maximum absolute atomic E-state index is 14.7. The zero-order valence-electron chi connectivity index (χ0n) is 24.1. The number of hydrogen-bond acceptors (Lipinski definition) is 7. The molecule has 3 amide bonds. The first kappa shape index (κ1) is 28.9. The second-order valence-electron chi connectivity index (χ2n) is 11.8. The van der Waals surface area contributed by atoms with E-state index in [-0.39, 0.29) is 43.5 Å². The number of benzene rings is 1. The lowest BCUT2D eigenvalue weighted by Crippen LogP contribution is -2.59. The summed E-state index contributed by atoms with van der Waals surface area (Å²) >= 11 is 0. The Morgan fingerprint density at radius 1 is 1.22 bits per heavy atom. The molecule has 3 aliphatic rings. The fourth-order valence-electron chi connectivity index (χ4n) is 7.13. The van der Waals surface area contributed by atoms with E-state index >= 15 is 0 Å². The molecular formula is C30H40N6O5. The lowest BCUT2D eigenvalue weighted by molar-refractivity contribution is -0.153. The third-order valence-corrected chi connectivity index (χ3v) is 8.77. The maximum Gasteiger partial charge on any atom is 0.250 e. The number of carbonyl (C=O) groups excluding carboxylic acids is 3. The average Bonchev–Trinajstić information content (AvgIpc) is 3.70. The number of likely N-dealkylation sites (N-methyl/N-ethyl adjacent to an activating group) is 1. The van der Waals surface area contributed by atoms with Gasteiger partial charge in [0.05, 0.1) is 36.1 Å². The zero-order chi connectivity index (χ0) is 29.5. The van der Waals surface area contributed by atoms with E-state index in [1.807, 2.05) is 38.1 Å². The Labute approximate surface area is 240 Å².